The van der Waals surface area contributed by atoms with Crippen LogP contribution in [0.5, 0.6) is 0 Å². The number of carbonyl (C=O) groups excluding carboxylic acids is 1. The summed E-state index contributed by atoms with van der Waals surface area (Å²) in [7, 11) is 0. The van der Waals surface area contributed by atoms with Crippen LogP contribution < -0.4 is 0 Å². The molecular formula is C11H23N3OS2. The third-order valence-corrected chi connectivity index (χ3v) is 3.00. The fraction of sp³-hybridized carbons (Fsp3) is 0.909. The highest BCUT2D eigenvalue weighted by Crippen LogP contribution is 2.04. The van der Waals surface area contributed by atoms with Gasteiger partial charge < -0.3 is 0 Å². The van der Waals surface area contributed by atoms with Gasteiger partial charge >= 0.3 is 0 Å². The highest BCUT2D eigenvalue weighted by molar-refractivity contribution is 8.13. The van der Waals surface area contributed by atoms with Gasteiger partial charge in [-0.2, -0.15) is 12.6 Å². The number of hydrogen-bond acceptors (Lipinski definition) is 4. The summed E-state index contributed by atoms with van der Waals surface area (Å²) in [5.41, 5.74) is 7.91. The van der Waals surface area contributed by atoms with Crippen LogP contribution >= 0.6 is 24.4 Å². The van der Waals surface area contributed by atoms with Crippen LogP contribution in [0.3, 0.4) is 0 Å². The molecule has 0 saturated carbocycles. The molecule has 0 amide bonds. The summed E-state index contributed by atoms with van der Waals surface area (Å²) in [6, 6.07) is 0. The number of nitrogens with zero attached hydrogens (tertiary/aromatic N) is 3. The van der Waals surface area contributed by atoms with Crippen molar-refractivity contribution in [2.75, 3.05) is 18.1 Å². The van der Waals surface area contributed by atoms with Gasteiger partial charge in [0.05, 0.1) is 0 Å². The molecule has 0 radical (unpaired) electrons. The normalized spacial score (nSPS) is 8.88. The van der Waals surface area contributed by atoms with Crippen LogP contribution in [-0.2, 0) is 4.79 Å². The minimum atomic E-state index is 0.147. The summed E-state index contributed by atoms with van der Waals surface area (Å²) < 4.78 is 0. The lowest BCUT2D eigenvalue weighted by Crippen LogP contribution is -1.87. The highest BCUT2D eigenvalue weighted by atomic mass is 32.2. The minimum Gasteiger partial charge on any atom is -0.288 e. The zero-order valence-corrected chi connectivity index (χ0v) is 12.5. The maximum atomic E-state index is 10.4. The van der Waals surface area contributed by atoms with Gasteiger partial charge in [-0.05, 0) is 30.5 Å². The summed E-state index contributed by atoms with van der Waals surface area (Å²) >= 11 is 5.37. The van der Waals surface area contributed by atoms with Gasteiger partial charge in [0, 0.05) is 24.1 Å². The molecule has 0 aliphatic rings. The van der Waals surface area contributed by atoms with Crippen LogP contribution in [0.4, 0.5) is 0 Å². The summed E-state index contributed by atoms with van der Waals surface area (Å²) in [6.45, 7) is 4.29. The van der Waals surface area contributed by atoms with Crippen molar-refractivity contribution >= 4 is 29.5 Å². The standard InChI is InChI=1S/C6H11N3OS.C5H12S/c1-6(10)11-5-3-2-4-8-9-7;1-2-3-4-5-6/h2-5H2,1H3;6H,2-5H2,1H3. The van der Waals surface area contributed by atoms with Gasteiger partial charge in [-0.25, -0.2) is 0 Å². The molecule has 0 aliphatic heterocycles. The Morgan fingerprint density at radius 3 is 2.47 bits per heavy atom. The molecule has 6 heteroatoms. The molecule has 0 rings (SSSR count). The Morgan fingerprint density at radius 2 is 2.06 bits per heavy atom. The Balaban J connectivity index is 0. The van der Waals surface area contributed by atoms with E-state index in [1.54, 1.807) is 6.92 Å². The Hall–Kier alpha value is -0.320. The molecule has 17 heavy (non-hydrogen) atoms. The van der Waals surface area contributed by atoms with E-state index in [1.807, 2.05) is 0 Å². The van der Waals surface area contributed by atoms with Crippen LogP contribution in [0.1, 0.15) is 46.0 Å². The molecule has 0 spiro atoms. The van der Waals surface area contributed by atoms with Gasteiger partial charge in [0.15, 0.2) is 5.12 Å². The number of thioether (sulfide) groups is 1. The number of azide groups is 1. The van der Waals surface area contributed by atoms with Gasteiger partial charge in [-0.1, -0.05) is 36.6 Å². The zero-order valence-electron chi connectivity index (χ0n) is 10.8. The number of carbonyl (C=O) groups is 1. The van der Waals surface area contributed by atoms with E-state index in [-0.39, 0.29) is 5.12 Å². The Bertz CT molecular complexity index is 211. The average molecular weight is 277 g/mol. The van der Waals surface area contributed by atoms with Crippen molar-refractivity contribution in [3.8, 4) is 0 Å². The van der Waals surface area contributed by atoms with Crippen LogP contribution in [0.15, 0.2) is 5.11 Å². The smallest absolute Gasteiger partial charge is 0.185 e. The van der Waals surface area contributed by atoms with Gasteiger partial charge in [-0.3, -0.25) is 4.79 Å². The second-order valence-corrected chi connectivity index (χ2v) is 5.15. The molecule has 0 aromatic carbocycles. The van der Waals surface area contributed by atoms with Crippen LogP contribution in [0.2, 0.25) is 0 Å². The van der Waals surface area contributed by atoms with E-state index in [2.05, 4.69) is 29.6 Å². The number of rotatable bonds is 8. The largest absolute Gasteiger partial charge is 0.288 e. The first-order valence-electron chi connectivity index (χ1n) is 5.94. The summed E-state index contributed by atoms with van der Waals surface area (Å²) in [5, 5.41) is 3.52. The Kier molecular flexibility index (Phi) is 20.2. The van der Waals surface area contributed by atoms with E-state index in [0.717, 1.165) is 24.3 Å². The maximum Gasteiger partial charge on any atom is 0.185 e. The van der Waals surface area contributed by atoms with Gasteiger partial charge in [0.1, 0.15) is 0 Å². The molecule has 0 aromatic heterocycles. The lowest BCUT2D eigenvalue weighted by molar-refractivity contribution is -0.109. The molecule has 0 saturated heterocycles. The lowest BCUT2D eigenvalue weighted by Gasteiger charge is -1.93. The summed E-state index contributed by atoms with van der Waals surface area (Å²) in [4.78, 5) is 13.0. The zero-order chi connectivity index (χ0) is 13.4. The first-order chi connectivity index (χ1) is 8.18. The molecule has 0 N–H and O–H groups in total. The predicted molar refractivity (Wildman–Crippen MR) is 79.8 cm³/mol. The number of hydrogen-bond donors (Lipinski definition) is 1. The number of unbranched alkanes of at least 4 members (excludes halogenated alkanes) is 3. The Labute approximate surface area is 114 Å². The van der Waals surface area contributed by atoms with Crippen molar-refractivity contribution < 1.29 is 4.79 Å². The second-order valence-electron chi connectivity index (χ2n) is 3.43. The third kappa shape index (κ3) is 25.7. The van der Waals surface area contributed by atoms with Crippen molar-refractivity contribution in [2.45, 2.75) is 46.0 Å². The fourth-order valence-corrected chi connectivity index (χ4v) is 1.77. The van der Waals surface area contributed by atoms with Crippen LogP contribution in [-0.4, -0.2) is 23.2 Å². The van der Waals surface area contributed by atoms with Crippen molar-refractivity contribution in [2.24, 2.45) is 5.11 Å². The summed E-state index contributed by atoms with van der Waals surface area (Å²) in [6.07, 6.45) is 5.72. The van der Waals surface area contributed by atoms with E-state index in [0.29, 0.717) is 6.54 Å². The topological polar surface area (TPSA) is 65.8 Å². The van der Waals surface area contributed by atoms with E-state index in [9.17, 15) is 4.79 Å². The quantitative estimate of drug-likeness (QED) is 0.234. The highest BCUT2D eigenvalue weighted by Gasteiger charge is 1.92. The van der Waals surface area contributed by atoms with E-state index >= 15 is 0 Å². The van der Waals surface area contributed by atoms with E-state index in [1.165, 1.54) is 31.0 Å². The van der Waals surface area contributed by atoms with Crippen LogP contribution in [0, 0.1) is 0 Å². The first kappa shape index (κ1) is 19.0. The number of thiol groups is 1. The molecule has 0 fully saturated rings. The van der Waals surface area contributed by atoms with Crippen LogP contribution in [0.25, 0.3) is 10.4 Å². The van der Waals surface area contributed by atoms with Gasteiger partial charge in [0.25, 0.3) is 0 Å². The molecule has 4 nitrogen and oxygen atoms in total. The molecule has 0 unspecified atom stereocenters. The van der Waals surface area contributed by atoms with E-state index in [4.69, 9.17) is 5.53 Å². The van der Waals surface area contributed by atoms with Crippen molar-refractivity contribution in [3.63, 3.8) is 0 Å². The van der Waals surface area contributed by atoms with Crippen molar-refractivity contribution in [3.05, 3.63) is 10.4 Å². The molecule has 0 aromatic rings. The summed E-state index contributed by atoms with van der Waals surface area (Å²) in [5.74, 6) is 1.88. The molecule has 0 aliphatic carbocycles. The molecule has 0 atom stereocenters. The average Bonchev–Trinajstić information content (AvgIpc) is 2.31. The van der Waals surface area contributed by atoms with Gasteiger partial charge in [0.2, 0.25) is 0 Å². The monoisotopic (exact) mass is 277 g/mol. The molecular weight excluding hydrogens is 254 g/mol. The molecule has 0 heterocycles. The van der Waals surface area contributed by atoms with Gasteiger partial charge in [-0.15, -0.1) is 0 Å². The fourth-order valence-electron chi connectivity index (χ4n) is 0.907. The SMILES string of the molecule is CC(=O)SCCCCN=[N+]=[N-].CCCCCS. The Morgan fingerprint density at radius 1 is 1.35 bits per heavy atom. The second kappa shape index (κ2) is 18.1. The molecule has 100 valence electrons. The maximum absolute atomic E-state index is 10.4. The van der Waals surface area contributed by atoms with E-state index < -0.39 is 0 Å². The first-order valence-corrected chi connectivity index (χ1v) is 7.55. The predicted octanol–water partition coefficient (Wildman–Crippen LogP) is 4.46. The minimum absolute atomic E-state index is 0.147. The van der Waals surface area contributed by atoms with Crippen molar-refractivity contribution in [1.29, 1.82) is 0 Å². The molecule has 0 bridgehead atoms. The lowest BCUT2D eigenvalue weighted by atomic mass is 10.3. The third-order valence-electron chi connectivity index (χ3n) is 1.78. The van der Waals surface area contributed by atoms with Crippen molar-refractivity contribution in [1.82, 2.24) is 0 Å².